The number of hydrogen-bond acceptors (Lipinski definition) is 4. The first-order valence-corrected chi connectivity index (χ1v) is 7.36. The molecule has 1 saturated heterocycles. The van der Waals surface area contributed by atoms with Gasteiger partial charge in [0, 0.05) is 18.5 Å². The molecule has 0 amide bonds. The maximum absolute atomic E-state index is 9.44. The Morgan fingerprint density at radius 2 is 2.00 bits per heavy atom. The van der Waals surface area contributed by atoms with Gasteiger partial charge in [-0.05, 0) is 29.7 Å². The van der Waals surface area contributed by atoms with Crippen LogP contribution in [0, 0.1) is 11.3 Å². The zero-order valence-corrected chi connectivity index (χ0v) is 12.5. The number of ether oxygens (including phenoxy) is 1. The highest BCUT2D eigenvalue weighted by Gasteiger charge is 2.17. The standard InChI is InChI=1S/C17H19N3O/c1-12(2)13-3-4-16-14(9-13)10-15(11-18)17(19-16)20-5-7-21-8-6-20/h3-4,9-10,12H,5-8H2,1-2H3. The lowest BCUT2D eigenvalue weighted by Gasteiger charge is -2.28. The first-order valence-electron chi connectivity index (χ1n) is 7.36. The Morgan fingerprint density at radius 1 is 1.24 bits per heavy atom. The summed E-state index contributed by atoms with van der Waals surface area (Å²) in [5.74, 6) is 1.25. The smallest absolute Gasteiger partial charge is 0.147 e. The highest BCUT2D eigenvalue weighted by molar-refractivity contribution is 5.84. The largest absolute Gasteiger partial charge is 0.378 e. The average molecular weight is 281 g/mol. The molecule has 1 aromatic carbocycles. The van der Waals surface area contributed by atoms with Crippen molar-refractivity contribution in [3.05, 3.63) is 35.4 Å². The summed E-state index contributed by atoms with van der Waals surface area (Å²) in [6.45, 7) is 7.30. The predicted molar refractivity (Wildman–Crippen MR) is 83.6 cm³/mol. The van der Waals surface area contributed by atoms with E-state index < -0.39 is 0 Å². The minimum Gasteiger partial charge on any atom is -0.378 e. The van der Waals surface area contributed by atoms with Crippen LogP contribution in [-0.2, 0) is 4.74 Å². The van der Waals surface area contributed by atoms with Crippen LogP contribution in [0.1, 0.15) is 30.9 Å². The zero-order chi connectivity index (χ0) is 14.8. The van der Waals surface area contributed by atoms with Crippen molar-refractivity contribution >= 4 is 16.7 Å². The fourth-order valence-electron chi connectivity index (χ4n) is 2.64. The van der Waals surface area contributed by atoms with Crippen molar-refractivity contribution in [2.24, 2.45) is 0 Å². The van der Waals surface area contributed by atoms with Gasteiger partial charge in [0.1, 0.15) is 11.9 Å². The fraction of sp³-hybridized carbons (Fsp3) is 0.412. The lowest BCUT2D eigenvalue weighted by molar-refractivity contribution is 0.122. The number of fused-ring (bicyclic) bond motifs is 1. The van der Waals surface area contributed by atoms with E-state index in [2.05, 4.69) is 43.0 Å². The number of benzene rings is 1. The molecule has 0 spiro atoms. The molecule has 0 bridgehead atoms. The second kappa shape index (κ2) is 5.71. The summed E-state index contributed by atoms with van der Waals surface area (Å²) < 4.78 is 5.37. The molecular weight excluding hydrogens is 262 g/mol. The van der Waals surface area contributed by atoms with Gasteiger partial charge < -0.3 is 9.64 Å². The molecular formula is C17H19N3O. The van der Waals surface area contributed by atoms with Gasteiger partial charge in [-0.15, -0.1) is 0 Å². The molecule has 0 atom stereocenters. The van der Waals surface area contributed by atoms with Crippen molar-refractivity contribution in [3.63, 3.8) is 0 Å². The number of hydrogen-bond donors (Lipinski definition) is 0. The Bertz CT molecular complexity index is 697. The molecule has 0 unspecified atom stereocenters. The Morgan fingerprint density at radius 3 is 2.67 bits per heavy atom. The number of aromatic nitrogens is 1. The van der Waals surface area contributed by atoms with Crippen LogP contribution in [0.2, 0.25) is 0 Å². The lowest BCUT2D eigenvalue weighted by Crippen LogP contribution is -2.37. The summed E-state index contributed by atoms with van der Waals surface area (Å²) >= 11 is 0. The molecule has 1 aliphatic rings. The van der Waals surface area contributed by atoms with E-state index in [1.165, 1.54) is 5.56 Å². The molecule has 4 heteroatoms. The third-order valence-electron chi connectivity index (χ3n) is 3.92. The third kappa shape index (κ3) is 2.70. The van der Waals surface area contributed by atoms with Crippen molar-refractivity contribution in [3.8, 4) is 6.07 Å². The zero-order valence-electron chi connectivity index (χ0n) is 12.5. The SMILES string of the molecule is CC(C)c1ccc2nc(N3CCOCC3)c(C#N)cc2c1. The first kappa shape index (κ1) is 13.8. The number of nitrogens with zero attached hydrogens (tertiary/aromatic N) is 3. The van der Waals surface area contributed by atoms with Crippen molar-refractivity contribution in [1.82, 2.24) is 4.98 Å². The van der Waals surface area contributed by atoms with E-state index in [0.29, 0.717) is 24.7 Å². The van der Waals surface area contributed by atoms with Crippen LogP contribution in [0.15, 0.2) is 24.3 Å². The van der Waals surface area contributed by atoms with Gasteiger partial charge in [-0.1, -0.05) is 19.9 Å². The Hall–Kier alpha value is -2.12. The number of morpholine rings is 1. The second-order valence-electron chi connectivity index (χ2n) is 5.68. The van der Waals surface area contributed by atoms with E-state index in [9.17, 15) is 5.26 Å². The number of rotatable bonds is 2. The van der Waals surface area contributed by atoms with E-state index in [4.69, 9.17) is 9.72 Å². The minimum atomic E-state index is 0.471. The van der Waals surface area contributed by atoms with Crippen molar-refractivity contribution < 1.29 is 4.74 Å². The van der Waals surface area contributed by atoms with Crippen molar-refractivity contribution in [2.75, 3.05) is 31.2 Å². The Labute approximate surface area is 125 Å². The molecule has 0 N–H and O–H groups in total. The number of anilines is 1. The van der Waals surface area contributed by atoms with Gasteiger partial charge in [0.05, 0.1) is 24.3 Å². The molecule has 108 valence electrons. The van der Waals surface area contributed by atoms with Crippen LogP contribution in [0.5, 0.6) is 0 Å². The monoisotopic (exact) mass is 281 g/mol. The maximum Gasteiger partial charge on any atom is 0.147 e. The first-order chi connectivity index (χ1) is 10.2. The molecule has 0 saturated carbocycles. The maximum atomic E-state index is 9.44. The van der Waals surface area contributed by atoms with E-state index in [1.807, 2.05) is 6.07 Å². The van der Waals surface area contributed by atoms with E-state index in [1.54, 1.807) is 0 Å². The van der Waals surface area contributed by atoms with Crippen LogP contribution in [0.4, 0.5) is 5.82 Å². The molecule has 3 rings (SSSR count). The fourth-order valence-corrected chi connectivity index (χ4v) is 2.64. The van der Waals surface area contributed by atoms with E-state index in [0.717, 1.165) is 29.8 Å². The van der Waals surface area contributed by atoms with Gasteiger partial charge in [-0.25, -0.2) is 4.98 Å². The minimum absolute atomic E-state index is 0.471. The van der Waals surface area contributed by atoms with E-state index in [-0.39, 0.29) is 0 Å². The van der Waals surface area contributed by atoms with Crippen molar-refractivity contribution in [1.29, 1.82) is 5.26 Å². The van der Waals surface area contributed by atoms with Gasteiger partial charge in [0.25, 0.3) is 0 Å². The van der Waals surface area contributed by atoms with Gasteiger partial charge in [0.15, 0.2) is 0 Å². The number of pyridine rings is 1. The molecule has 1 fully saturated rings. The summed E-state index contributed by atoms with van der Waals surface area (Å²) in [6.07, 6.45) is 0. The average Bonchev–Trinajstić information content (AvgIpc) is 2.53. The van der Waals surface area contributed by atoms with Gasteiger partial charge in [-0.3, -0.25) is 0 Å². The molecule has 2 aromatic rings. The summed E-state index contributed by atoms with van der Waals surface area (Å²) in [6, 6.07) is 10.6. The van der Waals surface area contributed by atoms with Crippen molar-refractivity contribution in [2.45, 2.75) is 19.8 Å². The second-order valence-corrected chi connectivity index (χ2v) is 5.68. The Kier molecular flexibility index (Phi) is 3.76. The Balaban J connectivity index is 2.09. The molecule has 1 aromatic heterocycles. The predicted octanol–water partition coefficient (Wildman–Crippen LogP) is 3.07. The van der Waals surface area contributed by atoms with Crippen LogP contribution >= 0.6 is 0 Å². The van der Waals surface area contributed by atoms with Gasteiger partial charge in [0.2, 0.25) is 0 Å². The van der Waals surface area contributed by atoms with Crippen LogP contribution < -0.4 is 4.90 Å². The van der Waals surface area contributed by atoms with Crippen LogP contribution in [0.25, 0.3) is 10.9 Å². The van der Waals surface area contributed by atoms with Gasteiger partial charge >= 0.3 is 0 Å². The molecule has 0 radical (unpaired) electrons. The third-order valence-corrected chi connectivity index (χ3v) is 3.92. The quantitative estimate of drug-likeness (QED) is 0.849. The normalized spacial score (nSPS) is 15.4. The highest BCUT2D eigenvalue weighted by Crippen LogP contribution is 2.26. The summed E-state index contributed by atoms with van der Waals surface area (Å²) in [7, 11) is 0. The summed E-state index contributed by atoms with van der Waals surface area (Å²) in [5, 5.41) is 10.5. The molecule has 0 aliphatic carbocycles. The molecule has 2 heterocycles. The van der Waals surface area contributed by atoms with Gasteiger partial charge in [-0.2, -0.15) is 5.26 Å². The summed E-state index contributed by atoms with van der Waals surface area (Å²) in [4.78, 5) is 6.85. The van der Waals surface area contributed by atoms with Crippen LogP contribution in [-0.4, -0.2) is 31.3 Å². The topological polar surface area (TPSA) is 49.2 Å². The molecule has 4 nitrogen and oxygen atoms in total. The summed E-state index contributed by atoms with van der Waals surface area (Å²) in [5.41, 5.74) is 2.86. The van der Waals surface area contributed by atoms with E-state index >= 15 is 0 Å². The van der Waals surface area contributed by atoms with Crippen LogP contribution in [0.3, 0.4) is 0 Å². The highest BCUT2D eigenvalue weighted by atomic mass is 16.5. The number of nitriles is 1. The molecule has 21 heavy (non-hydrogen) atoms. The molecule has 1 aliphatic heterocycles. The lowest BCUT2D eigenvalue weighted by atomic mass is 10.0.